The molecule has 6 nitrogen and oxygen atoms in total. The van der Waals surface area contributed by atoms with Gasteiger partial charge in [-0.15, -0.1) is 0 Å². The number of nitrogens with one attached hydrogen (secondary N) is 1. The van der Waals surface area contributed by atoms with Crippen molar-refractivity contribution in [2.24, 2.45) is 0 Å². The van der Waals surface area contributed by atoms with Gasteiger partial charge in [-0.05, 0) is 71.9 Å². The van der Waals surface area contributed by atoms with E-state index < -0.39 is 17.1 Å². The Balaban J connectivity index is 1.72. The number of benzene rings is 2. The standard InChI is InChI=1S/C21H18BrClN2O4S/c1-12(2)29-17-6-4-3-5-13(17)9-18-20(27)25(21(28)30-18)11-19(26)24-14-7-8-15(22)16(23)10-14/h3-10,12H,11H2,1-2H3,(H,24,26)/b18-9-. The van der Waals surface area contributed by atoms with Crippen molar-refractivity contribution in [1.29, 1.82) is 0 Å². The Morgan fingerprint density at radius 2 is 2.00 bits per heavy atom. The minimum Gasteiger partial charge on any atom is -0.490 e. The van der Waals surface area contributed by atoms with Crippen LogP contribution < -0.4 is 10.1 Å². The second kappa shape index (κ2) is 9.68. The Kier molecular flexibility index (Phi) is 7.23. The van der Waals surface area contributed by atoms with Gasteiger partial charge in [0, 0.05) is 15.7 Å². The lowest BCUT2D eigenvalue weighted by atomic mass is 10.2. The van der Waals surface area contributed by atoms with Gasteiger partial charge in [0.25, 0.3) is 11.1 Å². The molecule has 0 atom stereocenters. The lowest BCUT2D eigenvalue weighted by Gasteiger charge is -2.13. The number of para-hydroxylation sites is 1. The van der Waals surface area contributed by atoms with E-state index in [1.54, 1.807) is 36.4 Å². The number of imide groups is 1. The number of thioether (sulfide) groups is 1. The quantitative estimate of drug-likeness (QED) is 0.516. The van der Waals surface area contributed by atoms with Crippen LogP contribution in [0.5, 0.6) is 5.75 Å². The maximum atomic E-state index is 12.7. The lowest BCUT2D eigenvalue weighted by Crippen LogP contribution is -2.36. The van der Waals surface area contributed by atoms with Crippen LogP contribution in [0.4, 0.5) is 10.5 Å². The van der Waals surface area contributed by atoms with E-state index in [0.717, 1.165) is 16.7 Å². The van der Waals surface area contributed by atoms with Crippen molar-refractivity contribution < 1.29 is 19.1 Å². The number of hydrogen-bond donors (Lipinski definition) is 1. The fourth-order valence-corrected chi connectivity index (χ4v) is 3.91. The van der Waals surface area contributed by atoms with E-state index in [2.05, 4.69) is 21.2 Å². The molecule has 1 N–H and O–H groups in total. The van der Waals surface area contributed by atoms with Gasteiger partial charge in [0.2, 0.25) is 5.91 Å². The van der Waals surface area contributed by atoms with E-state index in [-0.39, 0.29) is 17.6 Å². The van der Waals surface area contributed by atoms with Crippen LogP contribution >= 0.6 is 39.3 Å². The number of hydrogen-bond acceptors (Lipinski definition) is 5. The molecule has 0 aliphatic carbocycles. The summed E-state index contributed by atoms with van der Waals surface area (Å²) in [5, 5.41) is 2.57. The first-order valence-electron chi connectivity index (χ1n) is 9.00. The molecule has 3 amide bonds. The van der Waals surface area contributed by atoms with Crippen molar-refractivity contribution in [2.45, 2.75) is 20.0 Å². The molecule has 1 fully saturated rings. The highest BCUT2D eigenvalue weighted by Gasteiger charge is 2.36. The molecule has 9 heteroatoms. The average Bonchev–Trinajstić information content (AvgIpc) is 2.93. The minimum atomic E-state index is -0.520. The van der Waals surface area contributed by atoms with Gasteiger partial charge in [-0.2, -0.15) is 0 Å². The average molecular weight is 510 g/mol. The molecule has 30 heavy (non-hydrogen) atoms. The third-order valence-electron chi connectivity index (χ3n) is 3.95. The first kappa shape index (κ1) is 22.4. The van der Waals surface area contributed by atoms with Gasteiger partial charge < -0.3 is 10.1 Å². The van der Waals surface area contributed by atoms with Gasteiger partial charge in [0.15, 0.2) is 0 Å². The molecule has 0 radical (unpaired) electrons. The van der Waals surface area contributed by atoms with E-state index >= 15 is 0 Å². The molecule has 2 aromatic rings. The van der Waals surface area contributed by atoms with Gasteiger partial charge in [-0.3, -0.25) is 19.3 Å². The Labute approximate surface area is 191 Å². The van der Waals surface area contributed by atoms with E-state index in [4.69, 9.17) is 16.3 Å². The van der Waals surface area contributed by atoms with Gasteiger partial charge in [0.1, 0.15) is 12.3 Å². The van der Waals surface area contributed by atoms with E-state index in [9.17, 15) is 14.4 Å². The van der Waals surface area contributed by atoms with Crippen LogP contribution in [-0.4, -0.2) is 34.6 Å². The third-order valence-corrected chi connectivity index (χ3v) is 6.09. The topological polar surface area (TPSA) is 75.7 Å². The van der Waals surface area contributed by atoms with Gasteiger partial charge in [0.05, 0.1) is 16.0 Å². The number of carbonyl (C=O) groups excluding carboxylic acids is 3. The molecule has 0 spiro atoms. The number of carbonyl (C=O) groups is 3. The van der Waals surface area contributed by atoms with Crippen molar-refractivity contribution in [3.05, 3.63) is 62.4 Å². The van der Waals surface area contributed by atoms with Crippen LogP contribution in [0, 0.1) is 0 Å². The van der Waals surface area contributed by atoms with Gasteiger partial charge in [-0.25, -0.2) is 0 Å². The summed E-state index contributed by atoms with van der Waals surface area (Å²) in [4.78, 5) is 38.5. The molecule has 2 aromatic carbocycles. The maximum Gasteiger partial charge on any atom is 0.294 e. The van der Waals surface area contributed by atoms with Gasteiger partial charge >= 0.3 is 0 Å². The van der Waals surface area contributed by atoms with E-state index in [1.165, 1.54) is 0 Å². The van der Waals surface area contributed by atoms with Crippen molar-refractivity contribution >= 4 is 68.1 Å². The molecule has 1 saturated heterocycles. The molecule has 156 valence electrons. The van der Waals surface area contributed by atoms with Crippen LogP contribution in [-0.2, 0) is 9.59 Å². The lowest BCUT2D eigenvalue weighted by molar-refractivity contribution is -0.127. The smallest absolute Gasteiger partial charge is 0.294 e. The first-order chi connectivity index (χ1) is 14.2. The van der Waals surface area contributed by atoms with E-state index in [0.29, 0.717) is 26.5 Å². The Morgan fingerprint density at radius 1 is 1.27 bits per heavy atom. The number of ether oxygens (including phenoxy) is 1. The summed E-state index contributed by atoms with van der Waals surface area (Å²) < 4.78 is 6.45. The maximum absolute atomic E-state index is 12.7. The molecule has 1 aliphatic rings. The number of halogens is 2. The third kappa shape index (κ3) is 5.44. The first-order valence-corrected chi connectivity index (χ1v) is 11.0. The highest BCUT2D eigenvalue weighted by Crippen LogP contribution is 2.34. The number of amides is 3. The SMILES string of the molecule is CC(C)Oc1ccccc1/C=C1\SC(=O)N(CC(=O)Nc2ccc(Br)c(Cl)c2)C1=O. The van der Waals surface area contributed by atoms with Crippen molar-refractivity contribution in [1.82, 2.24) is 4.90 Å². The second-order valence-electron chi connectivity index (χ2n) is 6.65. The minimum absolute atomic E-state index is 0.0366. The largest absolute Gasteiger partial charge is 0.490 e. The predicted molar refractivity (Wildman–Crippen MR) is 123 cm³/mol. The molecule has 0 bridgehead atoms. The normalized spacial score (nSPS) is 15.2. The Hall–Kier alpha value is -2.29. The molecule has 0 aromatic heterocycles. The number of anilines is 1. The highest BCUT2D eigenvalue weighted by molar-refractivity contribution is 9.10. The van der Waals surface area contributed by atoms with Gasteiger partial charge in [-0.1, -0.05) is 29.8 Å². The summed E-state index contributed by atoms with van der Waals surface area (Å²) >= 11 is 10.1. The van der Waals surface area contributed by atoms with Crippen LogP contribution in [0.1, 0.15) is 19.4 Å². The summed E-state index contributed by atoms with van der Waals surface area (Å²) in [6, 6.07) is 12.2. The second-order valence-corrected chi connectivity index (χ2v) is 8.90. The fourth-order valence-electron chi connectivity index (χ4n) is 2.66. The van der Waals surface area contributed by atoms with Crippen LogP contribution in [0.2, 0.25) is 5.02 Å². The summed E-state index contributed by atoms with van der Waals surface area (Å²) in [5.74, 6) is -0.405. The molecule has 3 rings (SSSR count). The van der Waals surface area contributed by atoms with Crippen LogP contribution in [0.3, 0.4) is 0 Å². The predicted octanol–water partition coefficient (Wildman–Crippen LogP) is 5.56. The van der Waals surface area contributed by atoms with Crippen molar-refractivity contribution in [2.75, 3.05) is 11.9 Å². The zero-order valence-electron chi connectivity index (χ0n) is 16.1. The molecule has 1 aliphatic heterocycles. The number of rotatable bonds is 6. The highest BCUT2D eigenvalue weighted by atomic mass is 79.9. The van der Waals surface area contributed by atoms with Crippen LogP contribution in [0.15, 0.2) is 51.8 Å². The number of nitrogens with zero attached hydrogens (tertiary/aromatic N) is 1. The van der Waals surface area contributed by atoms with Crippen LogP contribution in [0.25, 0.3) is 6.08 Å². The molecule has 1 heterocycles. The van der Waals surface area contributed by atoms with Crippen molar-refractivity contribution in [3.8, 4) is 5.75 Å². The summed E-state index contributed by atoms with van der Waals surface area (Å²) in [6.45, 7) is 3.42. The molecular formula is C21H18BrClN2O4S. The molecule has 0 saturated carbocycles. The fraction of sp³-hybridized carbons (Fsp3) is 0.190. The zero-order valence-corrected chi connectivity index (χ0v) is 19.3. The van der Waals surface area contributed by atoms with Crippen molar-refractivity contribution in [3.63, 3.8) is 0 Å². The summed E-state index contributed by atoms with van der Waals surface area (Å²) in [5.41, 5.74) is 1.15. The zero-order chi connectivity index (χ0) is 21.8. The monoisotopic (exact) mass is 508 g/mol. The summed E-state index contributed by atoms with van der Waals surface area (Å²) in [7, 11) is 0. The Morgan fingerprint density at radius 3 is 2.70 bits per heavy atom. The van der Waals surface area contributed by atoms with E-state index in [1.807, 2.05) is 26.0 Å². The molecule has 0 unspecified atom stereocenters. The Bertz CT molecular complexity index is 1040. The summed E-state index contributed by atoms with van der Waals surface area (Å²) in [6.07, 6.45) is 1.57. The molecular weight excluding hydrogens is 492 g/mol.